The molecule has 0 aromatic heterocycles. The van der Waals surface area contributed by atoms with Gasteiger partial charge in [0.25, 0.3) is 0 Å². The first-order valence-corrected chi connectivity index (χ1v) is 7.29. The quantitative estimate of drug-likeness (QED) is 0.821. The van der Waals surface area contributed by atoms with Gasteiger partial charge in [-0.25, -0.2) is 0 Å². The van der Waals surface area contributed by atoms with Crippen molar-refractivity contribution < 1.29 is 4.74 Å². The van der Waals surface area contributed by atoms with Crippen LogP contribution in [0.15, 0.2) is 0 Å². The first-order chi connectivity index (χ1) is 8.30. The summed E-state index contributed by atoms with van der Waals surface area (Å²) in [6.07, 6.45) is 10.8. The third-order valence-corrected chi connectivity index (χ3v) is 4.77. The smallest absolute Gasteiger partial charge is 0.0589 e. The summed E-state index contributed by atoms with van der Waals surface area (Å²) in [4.78, 5) is 2.69. The second-order valence-corrected chi connectivity index (χ2v) is 5.78. The molecule has 0 aromatic rings. The number of likely N-dealkylation sites (tertiary alicyclic amines) is 1. The molecule has 1 saturated carbocycles. The van der Waals surface area contributed by atoms with Crippen LogP contribution in [0.3, 0.4) is 0 Å². The molecule has 1 aliphatic heterocycles. The minimum absolute atomic E-state index is 0.239. The van der Waals surface area contributed by atoms with E-state index < -0.39 is 0 Å². The summed E-state index contributed by atoms with van der Waals surface area (Å²) < 4.78 is 5.59. The lowest BCUT2D eigenvalue weighted by Crippen LogP contribution is -2.57. The molecular formula is C14H28N2O. The maximum atomic E-state index is 6.14. The van der Waals surface area contributed by atoms with Crippen molar-refractivity contribution in [3.05, 3.63) is 0 Å². The van der Waals surface area contributed by atoms with Gasteiger partial charge in [0.2, 0.25) is 0 Å². The van der Waals surface area contributed by atoms with Crippen molar-refractivity contribution in [1.29, 1.82) is 0 Å². The van der Waals surface area contributed by atoms with Crippen molar-refractivity contribution in [3.8, 4) is 0 Å². The molecule has 0 radical (unpaired) electrons. The lowest BCUT2D eigenvalue weighted by Gasteiger charge is -2.47. The summed E-state index contributed by atoms with van der Waals surface area (Å²) in [6, 6.07) is 0. The lowest BCUT2D eigenvalue weighted by atomic mass is 9.78. The monoisotopic (exact) mass is 240 g/mol. The summed E-state index contributed by atoms with van der Waals surface area (Å²) in [5, 5.41) is 0. The highest BCUT2D eigenvalue weighted by molar-refractivity contribution is 4.97. The zero-order valence-electron chi connectivity index (χ0n) is 11.3. The van der Waals surface area contributed by atoms with Gasteiger partial charge in [0, 0.05) is 19.2 Å². The predicted molar refractivity (Wildman–Crippen MR) is 71.1 cm³/mol. The Morgan fingerprint density at radius 1 is 1.18 bits per heavy atom. The molecule has 2 N–H and O–H groups in total. The number of nitrogens with zero attached hydrogens (tertiary/aromatic N) is 1. The number of nitrogens with two attached hydrogens (primary N) is 1. The molecule has 0 spiro atoms. The van der Waals surface area contributed by atoms with E-state index in [-0.39, 0.29) is 5.54 Å². The number of hydrogen-bond donors (Lipinski definition) is 1. The molecule has 1 heterocycles. The molecule has 0 bridgehead atoms. The third-order valence-electron chi connectivity index (χ3n) is 4.77. The first kappa shape index (κ1) is 13.3. The summed E-state index contributed by atoms with van der Waals surface area (Å²) in [5.74, 6) is 0. The van der Waals surface area contributed by atoms with Crippen LogP contribution in [0.1, 0.15) is 51.4 Å². The average molecular weight is 240 g/mol. The fraction of sp³-hybridized carbons (Fsp3) is 1.00. The third kappa shape index (κ3) is 3.01. The van der Waals surface area contributed by atoms with Crippen LogP contribution in [0.5, 0.6) is 0 Å². The number of hydrogen-bond acceptors (Lipinski definition) is 3. The Morgan fingerprint density at radius 2 is 1.88 bits per heavy atom. The van der Waals surface area contributed by atoms with Crippen LogP contribution in [0.2, 0.25) is 0 Å². The molecule has 100 valence electrons. The molecule has 2 fully saturated rings. The topological polar surface area (TPSA) is 38.5 Å². The average Bonchev–Trinajstić information content (AvgIpc) is 2.68. The van der Waals surface area contributed by atoms with Crippen molar-refractivity contribution >= 4 is 0 Å². The largest absolute Gasteiger partial charge is 0.381 e. The zero-order valence-corrected chi connectivity index (χ0v) is 11.3. The number of ether oxygens (including phenoxy) is 1. The maximum absolute atomic E-state index is 6.14. The van der Waals surface area contributed by atoms with Crippen LogP contribution in [-0.2, 0) is 4.74 Å². The first-order valence-electron chi connectivity index (χ1n) is 7.29. The van der Waals surface area contributed by atoms with Gasteiger partial charge in [-0.2, -0.15) is 0 Å². The molecule has 2 atom stereocenters. The normalized spacial score (nSPS) is 36.7. The summed E-state index contributed by atoms with van der Waals surface area (Å²) in [7, 11) is 1.85. The number of rotatable bonds is 3. The molecule has 0 aromatic carbocycles. The minimum atomic E-state index is 0.239. The van der Waals surface area contributed by atoms with Crippen molar-refractivity contribution in [2.75, 3.05) is 26.7 Å². The van der Waals surface area contributed by atoms with E-state index in [9.17, 15) is 0 Å². The van der Waals surface area contributed by atoms with Crippen LogP contribution >= 0.6 is 0 Å². The van der Waals surface area contributed by atoms with E-state index in [4.69, 9.17) is 10.5 Å². The molecule has 0 amide bonds. The standard InChI is InChI=1S/C14H28N2O/c1-17-13-7-6-8-14(11-13,12-15)16-9-4-2-3-5-10-16/h13H,2-12,15H2,1H3. The molecule has 2 unspecified atom stereocenters. The molecule has 1 aliphatic carbocycles. The summed E-state index contributed by atoms with van der Waals surface area (Å²) in [6.45, 7) is 3.29. The molecule has 2 rings (SSSR count). The van der Waals surface area contributed by atoms with Gasteiger partial charge in [0.15, 0.2) is 0 Å². The van der Waals surface area contributed by atoms with E-state index in [2.05, 4.69) is 4.90 Å². The van der Waals surface area contributed by atoms with E-state index in [0.717, 1.165) is 13.0 Å². The summed E-state index contributed by atoms with van der Waals surface area (Å²) in [5.41, 5.74) is 6.38. The Hall–Kier alpha value is -0.120. The van der Waals surface area contributed by atoms with Gasteiger partial charge in [-0.1, -0.05) is 12.8 Å². The Bertz CT molecular complexity index is 226. The van der Waals surface area contributed by atoms with Gasteiger partial charge in [-0.05, 0) is 51.6 Å². The highest BCUT2D eigenvalue weighted by Gasteiger charge is 2.40. The lowest BCUT2D eigenvalue weighted by molar-refractivity contribution is -0.0208. The molecule has 2 aliphatic rings. The van der Waals surface area contributed by atoms with Crippen molar-refractivity contribution in [1.82, 2.24) is 4.90 Å². The maximum Gasteiger partial charge on any atom is 0.0589 e. The Kier molecular flexibility index (Phi) is 4.83. The van der Waals surface area contributed by atoms with Gasteiger partial charge >= 0.3 is 0 Å². The second-order valence-electron chi connectivity index (χ2n) is 5.78. The summed E-state index contributed by atoms with van der Waals surface area (Å²) >= 11 is 0. The van der Waals surface area contributed by atoms with E-state index in [0.29, 0.717) is 6.10 Å². The van der Waals surface area contributed by atoms with Crippen LogP contribution in [0.4, 0.5) is 0 Å². The van der Waals surface area contributed by atoms with Crippen LogP contribution in [-0.4, -0.2) is 43.3 Å². The Balaban J connectivity index is 2.05. The Morgan fingerprint density at radius 3 is 2.47 bits per heavy atom. The minimum Gasteiger partial charge on any atom is -0.381 e. The highest BCUT2D eigenvalue weighted by Crippen LogP contribution is 2.35. The fourth-order valence-electron chi connectivity index (χ4n) is 3.63. The zero-order chi connectivity index (χ0) is 12.1. The van der Waals surface area contributed by atoms with E-state index in [1.54, 1.807) is 0 Å². The molecular weight excluding hydrogens is 212 g/mol. The van der Waals surface area contributed by atoms with E-state index in [1.165, 1.54) is 58.0 Å². The van der Waals surface area contributed by atoms with Crippen LogP contribution in [0.25, 0.3) is 0 Å². The van der Waals surface area contributed by atoms with Gasteiger partial charge in [0.1, 0.15) is 0 Å². The van der Waals surface area contributed by atoms with Crippen molar-refractivity contribution in [2.45, 2.75) is 63.0 Å². The van der Waals surface area contributed by atoms with Crippen molar-refractivity contribution in [3.63, 3.8) is 0 Å². The Labute approximate surface area is 106 Å². The van der Waals surface area contributed by atoms with Crippen molar-refractivity contribution in [2.24, 2.45) is 5.73 Å². The fourth-order valence-corrected chi connectivity index (χ4v) is 3.63. The van der Waals surface area contributed by atoms with Crippen LogP contribution in [0, 0.1) is 0 Å². The highest BCUT2D eigenvalue weighted by atomic mass is 16.5. The molecule has 3 heteroatoms. The van der Waals surface area contributed by atoms with E-state index in [1.807, 2.05) is 7.11 Å². The predicted octanol–water partition coefficient (Wildman–Crippen LogP) is 2.15. The molecule has 17 heavy (non-hydrogen) atoms. The van der Waals surface area contributed by atoms with Gasteiger partial charge in [0.05, 0.1) is 6.10 Å². The van der Waals surface area contributed by atoms with Gasteiger partial charge in [-0.3, -0.25) is 4.90 Å². The number of methoxy groups -OCH3 is 1. The van der Waals surface area contributed by atoms with E-state index >= 15 is 0 Å². The molecule has 1 saturated heterocycles. The van der Waals surface area contributed by atoms with Crippen LogP contribution < -0.4 is 5.73 Å². The SMILES string of the molecule is COC1CCCC(CN)(N2CCCCCC2)C1. The van der Waals surface area contributed by atoms with Gasteiger partial charge < -0.3 is 10.5 Å². The molecule has 3 nitrogen and oxygen atoms in total. The van der Waals surface area contributed by atoms with Gasteiger partial charge in [-0.15, -0.1) is 0 Å². The second kappa shape index (κ2) is 6.17.